The predicted molar refractivity (Wildman–Crippen MR) is 53.8 cm³/mol. The highest BCUT2D eigenvalue weighted by Crippen LogP contribution is 2.01. The molecular weight excluding hydrogens is 180 g/mol. The lowest BCUT2D eigenvalue weighted by Crippen LogP contribution is -2.12. The van der Waals surface area contributed by atoms with E-state index in [0.717, 1.165) is 5.56 Å². The van der Waals surface area contributed by atoms with Crippen LogP contribution in [0, 0.1) is 0 Å². The van der Waals surface area contributed by atoms with Crippen LogP contribution in [0.15, 0.2) is 35.4 Å². The van der Waals surface area contributed by atoms with E-state index >= 15 is 0 Å². The maximum atomic E-state index is 10.1. The molecule has 1 aromatic rings. The monoisotopic (exact) mass is 192 g/mol. The molecule has 0 fully saturated rings. The molecule has 0 aliphatic rings. The zero-order valence-corrected chi connectivity index (χ0v) is 7.93. The Morgan fingerprint density at radius 3 is 2.79 bits per heavy atom. The molecule has 0 saturated carbocycles. The number of benzene rings is 1. The summed E-state index contributed by atoms with van der Waals surface area (Å²) in [5.41, 5.74) is 3.05. The minimum Gasteiger partial charge on any atom is -0.477 e. The minimum atomic E-state index is 0.417. The highest BCUT2D eigenvalue weighted by Gasteiger charge is 2.02. The van der Waals surface area contributed by atoms with Gasteiger partial charge in [0.2, 0.25) is 12.3 Å². The number of carbonyl (C=O) groups is 1. The van der Waals surface area contributed by atoms with Gasteiger partial charge in [0.15, 0.2) is 0 Å². The van der Waals surface area contributed by atoms with Crippen LogP contribution in [0.5, 0.6) is 0 Å². The predicted octanol–water partition coefficient (Wildman–Crippen LogP) is 1.13. The number of hydrogen-bond acceptors (Lipinski definition) is 3. The summed E-state index contributed by atoms with van der Waals surface area (Å²) in [5.74, 6) is 0.417. The summed E-state index contributed by atoms with van der Waals surface area (Å²) in [5, 5.41) is 3.78. The third-order valence-corrected chi connectivity index (χ3v) is 1.52. The third kappa shape index (κ3) is 2.90. The quantitative estimate of drug-likeness (QED) is 0.336. The fourth-order valence-corrected chi connectivity index (χ4v) is 0.983. The van der Waals surface area contributed by atoms with Crippen molar-refractivity contribution in [3.63, 3.8) is 0 Å². The number of amides is 1. The second-order valence-electron chi connectivity index (χ2n) is 2.46. The molecule has 0 heterocycles. The lowest BCUT2D eigenvalue weighted by atomic mass is 10.2. The van der Waals surface area contributed by atoms with Crippen molar-refractivity contribution in [1.82, 2.24) is 5.43 Å². The molecule has 1 rings (SSSR count). The molecule has 0 aliphatic carbocycles. The van der Waals surface area contributed by atoms with Crippen molar-refractivity contribution in [2.45, 2.75) is 6.92 Å². The Labute approximate surface area is 82.6 Å². The summed E-state index contributed by atoms with van der Waals surface area (Å²) in [7, 11) is 0. The zero-order chi connectivity index (χ0) is 10.2. The number of nitrogens with zero attached hydrogens (tertiary/aromatic N) is 1. The Kier molecular flexibility index (Phi) is 4.20. The van der Waals surface area contributed by atoms with E-state index in [9.17, 15) is 4.79 Å². The van der Waals surface area contributed by atoms with E-state index in [1.807, 2.05) is 37.3 Å². The Bertz CT molecular complexity index is 309. The van der Waals surface area contributed by atoms with Crippen molar-refractivity contribution >= 4 is 12.3 Å². The van der Waals surface area contributed by atoms with E-state index in [1.165, 1.54) is 0 Å². The molecule has 4 heteroatoms. The molecule has 0 bridgehead atoms. The van der Waals surface area contributed by atoms with Crippen LogP contribution < -0.4 is 5.43 Å². The van der Waals surface area contributed by atoms with Gasteiger partial charge in [0.05, 0.1) is 6.61 Å². The van der Waals surface area contributed by atoms with Gasteiger partial charge in [0.25, 0.3) is 0 Å². The average Bonchev–Trinajstić information content (AvgIpc) is 2.25. The molecule has 4 nitrogen and oxygen atoms in total. The van der Waals surface area contributed by atoms with Gasteiger partial charge in [-0.1, -0.05) is 18.2 Å². The molecule has 14 heavy (non-hydrogen) atoms. The first-order valence-corrected chi connectivity index (χ1v) is 4.33. The highest BCUT2D eigenvalue weighted by molar-refractivity contribution is 5.94. The molecule has 1 amide bonds. The van der Waals surface area contributed by atoms with E-state index in [-0.39, 0.29) is 0 Å². The lowest BCUT2D eigenvalue weighted by Gasteiger charge is -2.05. The van der Waals surface area contributed by atoms with Gasteiger partial charge >= 0.3 is 0 Å². The number of carbonyl (C=O) groups excluding carboxylic acids is 1. The van der Waals surface area contributed by atoms with Crippen LogP contribution in [0.2, 0.25) is 0 Å². The van der Waals surface area contributed by atoms with E-state index in [2.05, 4.69) is 10.5 Å². The maximum absolute atomic E-state index is 10.1. The van der Waals surface area contributed by atoms with Gasteiger partial charge < -0.3 is 4.74 Å². The Morgan fingerprint density at radius 2 is 2.21 bits per heavy atom. The smallest absolute Gasteiger partial charge is 0.238 e. The van der Waals surface area contributed by atoms with Gasteiger partial charge in [-0.3, -0.25) is 4.79 Å². The first kappa shape index (κ1) is 10.2. The first-order chi connectivity index (χ1) is 6.88. The normalized spacial score (nSPS) is 10.8. The number of hydrogen-bond donors (Lipinski definition) is 1. The van der Waals surface area contributed by atoms with Gasteiger partial charge in [0.1, 0.15) is 0 Å². The summed E-state index contributed by atoms with van der Waals surface area (Å²) in [6.07, 6.45) is 0.502. The SMILES string of the molecule is CCO/C(=N\NC=O)c1ccccc1. The zero-order valence-electron chi connectivity index (χ0n) is 7.93. The third-order valence-electron chi connectivity index (χ3n) is 1.52. The molecule has 1 N–H and O–H groups in total. The van der Waals surface area contributed by atoms with Crippen molar-refractivity contribution in [1.29, 1.82) is 0 Å². The van der Waals surface area contributed by atoms with Crippen LogP contribution in [0.3, 0.4) is 0 Å². The molecule has 0 aromatic heterocycles. The molecule has 1 aromatic carbocycles. The number of rotatable bonds is 4. The molecule has 0 spiro atoms. The highest BCUT2D eigenvalue weighted by atomic mass is 16.5. The number of hydrazone groups is 1. The van der Waals surface area contributed by atoms with Crippen LogP contribution in [0.25, 0.3) is 0 Å². The summed E-state index contributed by atoms with van der Waals surface area (Å²) in [6.45, 7) is 2.37. The molecule has 74 valence electrons. The van der Waals surface area contributed by atoms with Gasteiger partial charge in [-0.2, -0.15) is 0 Å². The fourth-order valence-electron chi connectivity index (χ4n) is 0.983. The van der Waals surface area contributed by atoms with Gasteiger partial charge in [-0.25, -0.2) is 5.43 Å². The second kappa shape index (κ2) is 5.75. The van der Waals surface area contributed by atoms with E-state index in [1.54, 1.807) is 0 Å². The van der Waals surface area contributed by atoms with Crippen LogP contribution >= 0.6 is 0 Å². The van der Waals surface area contributed by atoms with Crippen molar-refractivity contribution in [3.05, 3.63) is 35.9 Å². The summed E-state index contributed by atoms with van der Waals surface area (Å²) in [6, 6.07) is 9.39. The van der Waals surface area contributed by atoms with Crippen LogP contribution in [-0.2, 0) is 9.53 Å². The number of nitrogens with one attached hydrogen (secondary N) is 1. The topological polar surface area (TPSA) is 50.7 Å². The standard InChI is InChI=1S/C10H12N2O2/c1-2-14-10(12-11-8-13)9-6-4-3-5-7-9/h3-8H,2H2,1H3,(H,11,13)/b12-10-. The van der Waals surface area contributed by atoms with Crippen molar-refractivity contribution in [2.75, 3.05) is 6.61 Å². The summed E-state index contributed by atoms with van der Waals surface area (Å²) < 4.78 is 5.26. The second-order valence-corrected chi connectivity index (χ2v) is 2.46. The van der Waals surface area contributed by atoms with Crippen molar-refractivity contribution in [2.24, 2.45) is 5.10 Å². The fraction of sp³-hybridized carbons (Fsp3) is 0.200. The van der Waals surface area contributed by atoms with Gasteiger partial charge in [0, 0.05) is 5.56 Å². The minimum absolute atomic E-state index is 0.417. The Balaban J connectivity index is 2.82. The van der Waals surface area contributed by atoms with E-state index in [4.69, 9.17) is 4.74 Å². The van der Waals surface area contributed by atoms with Crippen molar-refractivity contribution < 1.29 is 9.53 Å². The van der Waals surface area contributed by atoms with E-state index in [0.29, 0.717) is 18.9 Å². The van der Waals surface area contributed by atoms with Crippen LogP contribution in [-0.4, -0.2) is 18.9 Å². The Hall–Kier alpha value is -1.84. The first-order valence-electron chi connectivity index (χ1n) is 4.33. The molecule has 0 radical (unpaired) electrons. The molecule has 0 aliphatic heterocycles. The van der Waals surface area contributed by atoms with Crippen LogP contribution in [0.4, 0.5) is 0 Å². The molecule has 0 atom stereocenters. The Morgan fingerprint density at radius 1 is 1.50 bits per heavy atom. The maximum Gasteiger partial charge on any atom is 0.238 e. The average molecular weight is 192 g/mol. The summed E-state index contributed by atoms with van der Waals surface area (Å²) in [4.78, 5) is 10.1. The molecule has 0 saturated heterocycles. The number of ether oxygens (including phenoxy) is 1. The summed E-state index contributed by atoms with van der Waals surface area (Å²) >= 11 is 0. The molecular formula is C10H12N2O2. The largest absolute Gasteiger partial charge is 0.477 e. The van der Waals surface area contributed by atoms with E-state index < -0.39 is 0 Å². The molecule has 0 unspecified atom stereocenters. The van der Waals surface area contributed by atoms with Crippen LogP contribution in [0.1, 0.15) is 12.5 Å². The van der Waals surface area contributed by atoms with Gasteiger partial charge in [-0.15, -0.1) is 5.10 Å². The van der Waals surface area contributed by atoms with Crippen molar-refractivity contribution in [3.8, 4) is 0 Å². The lowest BCUT2D eigenvalue weighted by molar-refractivity contribution is -0.109. The van der Waals surface area contributed by atoms with Gasteiger partial charge in [-0.05, 0) is 19.1 Å².